The molecule has 0 aliphatic heterocycles. The molecule has 0 atom stereocenters. The number of nitrogens with zero attached hydrogens (tertiary/aromatic N) is 2. The minimum absolute atomic E-state index is 0.110. The summed E-state index contributed by atoms with van der Waals surface area (Å²) in [6.45, 7) is 4.09. The van der Waals surface area contributed by atoms with Gasteiger partial charge in [-0.3, -0.25) is 10.1 Å². The number of hydrogen-bond acceptors (Lipinski definition) is 4. The van der Waals surface area contributed by atoms with Gasteiger partial charge in [-0.25, -0.2) is 0 Å². The van der Waals surface area contributed by atoms with Gasteiger partial charge in [0.1, 0.15) is 6.07 Å². The van der Waals surface area contributed by atoms with Gasteiger partial charge in [-0.1, -0.05) is 18.2 Å². The Morgan fingerprint density at radius 3 is 2.71 bits per heavy atom. The number of nitriles is 1. The zero-order valence-corrected chi connectivity index (χ0v) is 11.9. The van der Waals surface area contributed by atoms with Crippen molar-refractivity contribution in [1.82, 2.24) is 0 Å². The number of nitrogens with one attached hydrogen (secondary N) is 1. The summed E-state index contributed by atoms with van der Waals surface area (Å²) in [5.41, 5.74) is 3.91. The van der Waals surface area contributed by atoms with Gasteiger partial charge >= 0.3 is 0 Å². The number of nitro groups is 1. The maximum atomic E-state index is 10.9. The molecule has 0 bridgehead atoms. The Kier molecular flexibility index (Phi) is 4.19. The van der Waals surface area contributed by atoms with Crippen molar-refractivity contribution < 1.29 is 4.92 Å². The normalized spacial score (nSPS) is 9.95. The molecular formula is C16H15N3O2. The molecule has 0 unspecified atom stereocenters. The van der Waals surface area contributed by atoms with Crippen LogP contribution in [0.1, 0.15) is 22.3 Å². The average molecular weight is 281 g/mol. The monoisotopic (exact) mass is 281 g/mol. The molecule has 0 fully saturated rings. The lowest BCUT2D eigenvalue weighted by atomic mass is 10.1. The molecule has 21 heavy (non-hydrogen) atoms. The summed E-state index contributed by atoms with van der Waals surface area (Å²) >= 11 is 0. The summed E-state index contributed by atoms with van der Waals surface area (Å²) in [5.74, 6) is 0. The van der Waals surface area contributed by atoms with E-state index in [9.17, 15) is 10.1 Å². The highest BCUT2D eigenvalue weighted by atomic mass is 16.6. The van der Waals surface area contributed by atoms with Crippen LogP contribution in [0, 0.1) is 35.3 Å². The molecule has 0 radical (unpaired) electrons. The van der Waals surface area contributed by atoms with Crippen LogP contribution in [0.4, 0.5) is 11.4 Å². The predicted octanol–water partition coefficient (Wildman–Crippen LogP) is 3.70. The van der Waals surface area contributed by atoms with E-state index in [1.807, 2.05) is 31.2 Å². The number of rotatable bonds is 4. The summed E-state index contributed by atoms with van der Waals surface area (Å²) < 4.78 is 0. The Bertz CT molecular complexity index is 733. The lowest BCUT2D eigenvalue weighted by Crippen LogP contribution is -2.04. The largest absolute Gasteiger partial charge is 0.380 e. The lowest BCUT2D eigenvalue weighted by Gasteiger charge is -2.11. The van der Waals surface area contributed by atoms with E-state index in [2.05, 4.69) is 11.4 Å². The van der Waals surface area contributed by atoms with Crippen LogP contribution >= 0.6 is 0 Å². The molecule has 5 nitrogen and oxygen atoms in total. The van der Waals surface area contributed by atoms with Crippen molar-refractivity contribution in [2.75, 3.05) is 5.32 Å². The molecule has 0 heterocycles. The van der Waals surface area contributed by atoms with Crippen molar-refractivity contribution in [2.24, 2.45) is 0 Å². The van der Waals surface area contributed by atoms with Gasteiger partial charge in [-0.15, -0.1) is 0 Å². The molecule has 5 heteroatoms. The Morgan fingerprint density at radius 2 is 2.05 bits per heavy atom. The molecule has 0 aliphatic rings. The van der Waals surface area contributed by atoms with Gasteiger partial charge in [0.05, 0.1) is 16.2 Å². The fourth-order valence-electron chi connectivity index (χ4n) is 2.15. The molecule has 0 amide bonds. The number of nitro benzene ring substituents is 1. The van der Waals surface area contributed by atoms with E-state index < -0.39 is 0 Å². The van der Waals surface area contributed by atoms with E-state index in [-0.39, 0.29) is 10.6 Å². The Labute approximate surface area is 123 Å². The van der Waals surface area contributed by atoms with Gasteiger partial charge < -0.3 is 5.32 Å². The quantitative estimate of drug-likeness (QED) is 0.684. The molecule has 2 rings (SSSR count). The number of hydrogen-bond donors (Lipinski definition) is 1. The van der Waals surface area contributed by atoms with Gasteiger partial charge in [0.2, 0.25) is 0 Å². The summed E-state index contributed by atoms with van der Waals surface area (Å²) in [6.07, 6.45) is 0. The van der Waals surface area contributed by atoms with Crippen LogP contribution < -0.4 is 5.32 Å². The first kappa shape index (κ1) is 14.5. The van der Waals surface area contributed by atoms with Crippen molar-refractivity contribution in [3.05, 3.63) is 68.8 Å². The number of aryl methyl sites for hydroxylation is 1. The van der Waals surface area contributed by atoms with Crippen LogP contribution in [-0.2, 0) is 6.54 Å². The fourth-order valence-corrected chi connectivity index (χ4v) is 2.15. The third kappa shape index (κ3) is 3.18. The zero-order chi connectivity index (χ0) is 15.4. The van der Waals surface area contributed by atoms with E-state index in [0.717, 1.165) is 16.8 Å². The minimum Gasteiger partial charge on any atom is -0.380 e. The van der Waals surface area contributed by atoms with E-state index in [4.69, 9.17) is 5.26 Å². The first-order valence-electron chi connectivity index (χ1n) is 6.50. The van der Waals surface area contributed by atoms with Gasteiger partial charge in [-0.2, -0.15) is 5.26 Å². The second kappa shape index (κ2) is 6.06. The van der Waals surface area contributed by atoms with Crippen LogP contribution in [0.15, 0.2) is 36.4 Å². The topological polar surface area (TPSA) is 79.0 Å². The molecular weight excluding hydrogens is 266 g/mol. The second-order valence-electron chi connectivity index (χ2n) is 4.83. The lowest BCUT2D eigenvalue weighted by molar-refractivity contribution is -0.385. The van der Waals surface area contributed by atoms with Gasteiger partial charge in [0, 0.05) is 18.2 Å². The summed E-state index contributed by atoms with van der Waals surface area (Å²) in [5, 5.41) is 23.2. The van der Waals surface area contributed by atoms with E-state index in [1.54, 1.807) is 13.0 Å². The highest BCUT2D eigenvalue weighted by molar-refractivity contribution is 5.59. The molecule has 0 spiro atoms. The third-order valence-corrected chi connectivity index (χ3v) is 3.38. The molecule has 0 saturated heterocycles. The molecule has 0 aliphatic carbocycles. The summed E-state index contributed by atoms with van der Waals surface area (Å²) in [6, 6.07) is 12.7. The van der Waals surface area contributed by atoms with Crippen LogP contribution in [0.2, 0.25) is 0 Å². The SMILES string of the molecule is Cc1ccc(NCc2cccc([N+](=O)[O-])c2C)c(C#N)c1. The van der Waals surface area contributed by atoms with E-state index >= 15 is 0 Å². The first-order chi connectivity index (χ1) is 10.0. The van der Waals surface area contributed by atoms with Gasteiger partial charge in [-0.05, 0) is 37.1 Å². The first-order valence-corrected chi connectivity index (χ1v) is 6.50. The van der Waals surface area contributed by atoms with Crippen LogP contribution in [0.5, 0.6) is 0 Å². The number of benzene rings is 2. The molecule has 2 aromatic carbocycles. The summed E-state index contributed by atoms with van der Waals surface area (Å²) in [4.78, 5) is 10.5. The van der Waals surface area contributed by atoms with Crippen LogP contribution in [-0.4, -0.2) is 4.92 Å². The van der Waals surface area contributed by atoms with Crippen LogP contribution in [0.3, 0.4) is 0 Å². The highest BCUT2D eigenvalue weighted by Gasteiger charge is 2.13. The maximum absolute atomic E-state index is 10.9. The zero-order valence-electron chi connectivity index (χ0n) is 11.9. The van der Waals surface area contributed by atoms with Crippen molar-refractivity contribution in [3.8, 4) is 6.07 Å². The highest BCUT2D eigenvalue weighted by Crippen LogP contribution is 2.23. The summed E-state index contributed by atoms with van der Waals surface area (Å²) in [7, 11) is 0. The van der Waals surface area contributed by atoms with E-state index in [1.165, 1.54) is 6.07 Å². The maximum Gasteiger partial charge on any atom is 0.272 e. The second-order valence-corrected chi connectivity index (χ2v) is 4.83. The molecule has 1 N–H and O–H groups in total. The minimum atomic E-state index is -0.384. The smallest absolute Gasteiger partial charge is 0.272 e. The molecule has 2 aromatic rings. The molecule has 0 aromatic heterocycles. The predicted molar refractivity (Wildman–Crippen MR) is 81.1 cm³/mol. The van der Waals surface area contributed by atoms with Crippen molar-refractivity contribution in [1.29, 1.82) is 5.26 Å². The Morgan fingerprint density at radius 1 is 1.29 bits per heavy atom. The van der Waals surface area contributed by atoms with E-state index in [0.29, 0.717) is 17.7 Å². The van der Waals surface area contributed by atoms with Gasteiger partial charge in [0.15, 0.2) is 0 Å². The van der Waals surface area contributed by atoms with Gasteiger partial charge in [0.25, 0.3) is 5.69 Å². The van der Waals surface area contributed by atoms with Crippen molar-refractivity contribution in [2.45, 2.75) is 20.4 Å². The van der Waals surface area contributed by atoms with Crippen LogP contribution in [0.25, 0.3) is 0 Å². The van der Waals surface area contributed by atoms with Crippen molar-refractivity contribution in [3.63, 3.8) is 0 Å². The fraction of sp³-hybridized carbons (Fsp3) is 0.188. The molecule has 0 saturated carbocycles. The Hall–Kier alpha value is -2.87. The standard InChI is InChI=1S/C16H15N3O2/c1-11-6-7-15(14(8-11)9-17)18-10-13-4-3-5-16(12(13)2)19(20)21/h3-8,18H,10H2,1-2H3. The Balaban J connectivity index is 2.23. The number of anilines is 1. The average Bonchev–Trinajstić information content (AvgIpc) is 2.46. The third-order valence-electron chi connectivity index (χ3n) is 3.38. The van der Waals surface area contributed by atoms with Crippen molar-refractivity contribution >= 4 is 11.4 Å². The molecule has 106 valence electrons.